The number of allylic oxidation sites excluding steroid dienone is 1. The van der Waals surface area contributed by atoms with E-state index in [0.29, 0.717) is 28.3 Å². The fourth-order valence-corrected chi connectivity index (χ4v) is 5.04. The molecule has 4 aromatic rings. The van der Waals surface area contributed by atoms with Gasteiger partial charge in [0.1, 0.15) is 29.9 Å². The average molecular weight is 482 g/mol. The predicted octanol–water partition coefficient (Wildman–Crippen LogP) is 5.33. The van der Waals surface area contributed by atoms with Gasteiger partial charge in [-0.1, -0.05) is 18.2 Å². The highest BCUT2D eigenvalue weighted by Gasteiger charge is 2.33. The summed E-state index contributed by atoms with van der Waals surface area (Å²) < 4.78 is 27.3. The largest absolute Gasteiger partial charge is 0.488 e. The molecule has 7 heteroatoms. The molecule has 1 fully saturated rings. The average Bonchev–Trinajstić information content (AvgIpc) is 3.68. The lowest BCUT2D eigenvalue weighted by Crippen LogP contribution is -2.09. The van der Waals surface area contributed by atoms with E-state index >= 15 is 0 Å². The van der Waals surface area contributed by atoms with Crippen molar-refractivity contribution in [2.45, 2.75) is 32.2 Å². The van der Waals surface area contributed by atoms with Crippen molar-refractivity contribution in [1.82, 2.24) is 9.38 Å². The van der Waals surface area contributed by atoms with Gasteiger partial charge in [-0.15, -0.1) is 0 Å². The van der Waals surface area contributed by atoms with E-state index in [0.717, 1.165) is 40.8 Å². The molecule has 1 atom stereocenters. The van der Waals surface area contributed by atoms with Gasteiger partial charge in [-0.2, -0.15) is 5.26 Å². The van der Waals surface area contributed by atoms with Crippen LogP contribution < -0.4 is 4.74 Å². The van der Waals surface area contributed by atoms with E-state index in [1.165, 1.54) is 12.1 Å². The molecule has 2 aromatic carbocycles. The Hall–Kier alpha value is -3.99. The Morgan fingerprint density at radius 2 is 2.06 bits per heavy atom. The van der Waals surface area contributed by atoms with Gasteiger partial charge in [0, 0.05) is 36.1 Å². The summed E-state index contributed by atoms with van der Waals surface area (Å²) in [6.45, 7) is 0.458. The smallest absolute Gasteiger partial charge is 0.137 e. The highest BCUT2D eigenvalue weighted by atomic mass is 19.1. The van der Waals surface area contributed by atoms with Gasteiger partial charge in [-0.25, -0.2) is 9.37 Å². The Bertz CT molecular complexity index is 1560. The first-order valence-electron chi connectivity index (χ1n) is 11.9. The molecule has 1 unspecified atom stereocenters. The fraction of sp³-hybridized carbons (Fsp3) is 0.241. The van der Waals surface area contributed by atoms with Crippen LogP contribution in [0.2, 0.25) is 0 Å². The van der Waals surface area contributed by atoms with Crippen molar-refractivity contribution in [3.8, 4) is 11.8 Å². The van der Waals surface area contributed by atoms with Gasteiger partial charge in [-0.3, -0.25) is 0 Å². The molecule has 0 saturated heterocycles. The Morgan fingerprint density at radius 3 is 2.83 bits per heavy atom. The third kappa shape index (κ3) is 3.76. The fourth-order valence-electron chi connectivity index (χ4n) is 5.04. The van der Waals surface area contributed by atoms with E-state index in [2.05, 4.69) is 11.1 Å². The number of benzene rings is 2. The number of hydrogen-bond donors (Lipinski definition) is 1. The number of aliphatic hydroxyl groups is 1. The first-order chi connectivity index (χ1) is 17.6. The number of fused-ring (bicyclic) bond motifs is 3. The van der Waals surface area contributed by atoms with Crippen molar-refractivity contribution in [2.75, 3.05) is 7.11 Å². The summed E-state index contributed by atoms with van der Waals surface area (Å²) in [6.07, 6.45) is 2.83. The molecule has 0 bridgehead atoms. The van der Waals surface area contributed by atoms with E-state index in [9.17, 15) is 14.8 Å². The molecule has 1 N–H and O–H groups in total. The van der Waals surface area contributed by atoms with Crippen LogP contribution in [0.5, 0.6) is 5.75 Å². The van der Waals surface area contributed by atoms with E-state index in [4.69, 9.17) is 9.47 Å². The summed E-state index contributed by atoms with van der Waals surface area (Å²) in [4.78, 5) is 4.63. The zero-order valence-corrected chi connectivity index (χ0v) is 19.7. The Kier molecular flexibility index (Phi) is 5.56. The maximum absolute atomic E-state index is 14.1. The molecule has 3 heterocycles. The van der Waals surface area contributed by atoms with E-state index in [-0.39, 0.29) is 19.1 Å². The second-order valence-corrected chi connectivity index (χ2v) is 9.23. The summed E-state index contributed by atoms with van der Waals surface area (Å²) in [5.74, 6) is 0.230. The molecule has 36 heavy (non-hydrogen) atoms. The van der Waals surface area contributed by atoms with Crippen LogP contribution in [0, 0.1) is 23.1 Å². The molecule has 2 aliphatic rings. The molecule has 1 saturated carbocycles. The number of ether oxygens (including phenoxy) is 2. The van der Waals surface area contributed by atoms with E-state index in [1.807, 2.05) is 47.0 Å². The second-order valence-electron chi connectivity index (χ2n) is 9.23. The quantitative estimate of drug-likeness (QED) is 0.390. The van der Waals surface area contributed by atoms with E-state index in [1.54, 1.807) is 13.2 Å². The normalized spacial score (nSPS) is 16.9. The monoisotopic (exact) mass is 481 g/mol. The molecule has 0 amide bonds. The lowest BCUT2D eigenvalue weighted by atomic mass is 9.87. The standard InChI is InChI=1S/C29H24FN3O3/c1-35-16-24-28(33-11-3-2-4-26(33)32-24)29(34)18-7-9-21-19(12-18)15-36-25-13-20(30)8-10-22(25)27(21)23(14-31)17-5-6-17/h2-4,7-13,17,29,34H,5-6,15-16H2,1H3/b27-23-. The van der Waals surface area contributed by atoms with Crippen LogP contribution in [0.15, 0.2) is 66.4 Å². The highest BCUT2D eigenvalue weighted by molar-refractivity contribution is 5.89. The highest BCUT2D eigenvalue weighted by Crippen LogP contribution is 2.46. The van der Waals surface area contributed by atoms with Gasteiger partial charge in [0.25, 0.3) is 0 Å². The number of rotatable bonds is 5. The molecule has 6 rings (SSSR count). The molecule has 2 aromatic heterocycles. The number of pyridine rings is 1. The zero-order chi connectivity index (χ0) is 24.8. The number of aliphatic hydroxyl groups excluding tert-OH is 1. The number of halogens is 1. The lowest BCUT2D eigenvalue weighted by molar-refractivity contribution is 0.172. The first kappa shape index (κ1) is 22.5. The first-order valence-corrected chi connectivity index (χ1v) is 11.9. The van der Waals surface area contributed by atoms with Gasteiger partial charge >= 0.3 is 0 Å². The summed E-state index contributed by atoms with van der Waals surface area (Å²) in [7, 11) is 1.60. The van der Waals surface area contributed by atoms with Gasteiger partial charge in [0.2, 0.25) is 0 Å². The Balaban J connectivity index is 1.50. The molecular weight excluding hydrogens is 457 g/mol. The molecule has 6 nitrogen and oxygen atoms in total. The van der Waals surface area contributed by atoms with Crippen LogP contribution in [0.4, 0.5) is 4.39 Å². The molecule has 1 aliphatic carbocycles. The van der Waals surface area contributed by atoms with Crippen molar-refractivity contribution in [1.29, 1.82) is 5.26 Å². The Labute approximate surface area is 207 Å². The van der Waals surface area contributed by atoms with Gasteiger partial charge in [0.15, 0.2) is 0 Å². The molecule has 0 spiro atoms. The van der Waals surface area contributed by atoms with Crippen LogP contribution in [-0.4, -0.2) is 21.6 Å². The Morgan fingerprint density at radius 1 is 1.22 bits per heavy atom. The van der Waals surface area contributed by atoms with Crippen molar-refractivity contribution < 1.29 is 19.0 Å². The summed E-state index contributed by atoms with van der Waals surface area (Å²) in [6, 6.07) is 18.3. The number of methoxy groups -OCH3 is 1. The minimum Gasteiger partial charge on any atom is -0.488 e. The van der Waals surface area contributed by atoms with E-state index < -0.39 is 11.9 Å². The molecule has 1 aliphatic heterocycles. The third-order valence-electron chi connectivity index (χ3n) is 6.87. The number of hydrogen-bond acceptors (Lipinski definition) is 5. The van der Waals surface area contributed by atoms with Crippen LogP contribution in [0.25, 0.3) is 11.2 Å². The molecule has 180 valence electrons. The summed E-state index contributed by atoms with van der Waals surface area (Å²) in [5, 5.41) is 21.6. The van der Waals surface area contributed by atoms with Crippen molar-refractivity contribution in [2.24, 2.45) is 5.92 Å². The number of nitriles is 1. The third-order valence-corrected chi connectivity index (χ3v) is 6.87. The molecule has 0 radical (unpaired) electrons. The number of imidazole rings is 1. The zero-order valence-electron chi connectivity index (χ0n) is 19.7. The van der Waals surface area contributed by atoms with Gasteiger partial charge < -0.3 is 19.0 Å². The van der Waals surface area contributed by atoms with Crippen LogP contribution in [0.1, 0.15) is 52.6 Å². The maximum Gasteiger partial charge on any atom is 0.137 e. The van der Waals surface area contributed by atoms with Crippen molar-refractivity contribution in [3.63, 3.8) is 0 Å². The minimum absolute atomic E-state index is 0.192. The number of aromatic nitrogens is 2. The summed E-state index contributed by atoms with van der Waals surface area (Å²) in [5.41, 5.74) is 6.60. The topological polar surface area (TPSA) is 79.8 Å². The predicted molar refractivity (Wildman–Crippen MR) is 131 cm³/mol. The van der Waals surface area contributed by atoms with Crippen LogP contribution in [-0.2, 0) is 18.0 Å². The maximum atomic E-state index is 14.1. The SMILES string of the molecule is COCc1nc2ccccn2c1C(O)c1ccc2c(c1)COc1cc(F)ccc1/C2=C(/C#N)C1CC1. The lowest BCUT2D eigenvalue weighted by Gasteiger charge is -2.17. The second kappa shape index (κ2) is 8.90. The minimum atomic E-state index is -0.966. The van der Waals surface area contributed by atoms with Crippen LogP contribution in [0.3, 0.4) is 0 Å². The van der Waals surface area contributed by atoms with Crippen LogP contribution >= 0.6 is 0 Å². The number of nitrogens with zero attached hydrogens (tertiary/aromatic N) is 3. The summed E-state index contributed by atoms with van der Waals surface area (Å²) >= 11 is 0. The van der Waals surface area contributed by atoms with Gasteiger partial charge in [-0.05, 0) is 65.8 Å². The van der Waals surface area contributed by atoms with Crippen molar-refractivity contribution >= 4 is 11.2 Å². The molecular formula is C29H24FN3O3. The van der Waals surface area contributed by atoms with Crippen molar-refractivity contribution in [3.05, 3.63) is 106 Å². The van der Waals surface area contributed by atoms with Gasteiger partial charge in [0.05, 0.1) is 24.1 Å².